The molecule has 1 aliphatic rings. The maximum Gasteiger partial charge on any atom is 0.294 e. The van der Waals surface area contributed by atoms with E-state index in [0.717, 1.165) is 23.1 Å². The van der Waals surface area contributed by atoms with Crippen LogP contribution in [0.2, 0.25) is 0 Å². The van der Waals surface area contributed by atoms with Crippen LogP contribution in [0.1, 0.15) is 18.9 Å². The number of halogens is 1. The number of aromatic hydroxyl groups is 1. The van der Waals surface area contributed by atoms with E-state index in [9.17, 15) is 19.5 Å². The lowest BCUT2D eigenvalue weighted by atomic mass is 10.2. The average Bonchev–Trinajstić information content (AvgIpc) is 2.76. The molecule has 2 N–H and O–H groups in total. The Labute approximate surface area is 151 Å². The van der Waals surface area contributed by atoms with Crippen molar-refractivity contribution < 1.29 is 19.5 Å². The van der Waals surface area contributed by atoms with Crippen molar-refractivity contribution in [1.82, 2.24) is 10.2 Å². The molecule has 1 heterocycles. The minimum Gasteiger partial charge on any atom is -0.507 e. The molecule has 1 aliphatic heterocycles. The van der Waals surface area contributed by atoms with E-state index in [4.69, 9.17) is 0 Å². The Hall–Kier alpha value is -1.55. The number of benzene rings is 1. The van der Waals surface area contributed by atoms with Crippen LogP contribution in [-0.4, -0.2) is 40.1 Å². The Bertz CT molecular complexity index is 690. The molecule has 0 saturated carbocycles. The van der Waals surface area contributed by atoms with E-state index in [-0.39, 0.29) is 23.1 Å². The first-order valence-corrected chi connectivity index (χ1v) is 8.82. The zero-order valence-electron chi connectivity index (χ0n) is 12.3. The van der Waals surface area contributed by atoms with Gasteiger partial charge < -0.3 is 10.4 Å². The number of carbonyl (C=O) groups is 3. The Morgan fingerprint density at radius 3 is 2.83 bits per heavy atom. The van der Waals surface area contributed by atoms with Crippen molar-refractivity contribution in [3.05, 3.63) is 32.2 Å². The molecule has 1 aromatic carbocycles. The fraction of sp³-hybridized carbons (Fsp3) is 0.267. The number of phenols is 1. The van der Waals surface area contributed by atoms with Gasteiger partial charge in [0.25, 0.3) is 11.1 Å². The maximum atomic E-state index is 12.3. The maximum absolute atomic E-state index is 12.3. The van der Waals surface area contributed by atoms with Crippen LogP contribution in [0.15, 0.2) is 23.1 Å². The Kier molecular flexibility index (Phi) is 6.05. The number of hydrogen-bond donors (Lipinski definition) is 2. The number of phenolic OH excluding ortho intramolecular Hbond substituents is 1. The molecule has 0 aliphatic carbocycles. The largest absolute Gasteiger partial charge is 0.507 e. The van der Waals surface area contributed by atoms with Crippen molar-refractivity contribution in [3.63, 3.8) is 0 Å². The van der Waals surface area contributed by atoms with Crippen LogP contribution in [0.5, 0.6) is 5.75 Å². The molecular weight excluding hydrogens is 431 g/mol. The molecule has 0 aromatic heterocycles. The van der Waals surface area contributed by atoms with Gasteiger partial charge >= 0.3 is 0 Å². The van der Waals surface area contributed by atoms with Crippen LogP contribution >= 0.6 is 34.4 Å². The fourth-order valence-electron chi connectivity index (χ4n) is 1.86. The predicted molar refractivity (Wildman–Crippen MR) is 96.8 cm³/mol. The molecule has 6 nitrogen and oxygen atoms in total. The molecule has 1 aromatic rings. The first-order valence-electron chi connectivity index (χ1n) is 6.93. The van der Waals surface area contributed by atoms with Gasteiger partial charge in [0.1, 0.15) is 12.3 Å². The number of imide groups is 1. The van der Waals surface area contributed by atoms with E-state index >= 15 is 0 Å². The SMILES string of the molecule is CCCNC(=O)CN1C(=O)S/C(=C\c2ccc(O)c(I)c2)C1=O. The monoisotopic (exact) mass is 446 g/mol. The number of nitrogens with one attached hydrogen (secondary N) is 1. The second-order valence-electron chi connectivity index (χ2n) is 4.83. The number of hydrogen-bond acceptors (Lipinski definition) is 5. The minimum absolute atomic E-state index is 0.156. The summed E-state index contributed by atoms with van der Waals surface area (Å²) < 4.78 is 0.648. The van der Waals surface area contributed by atoms with Crippen LogP contribution in [0.3, 0.4) is 0 Å². The van der Waals surface area contributed by atoms with Gasteiger partial charge in [-0.3, -0.25) is 19.3 Å². The number of thioether (sulfide) groups is 1. The van der Waals surface area contributed by atoms with Crippen molar-refractivity contribution in [3.8, 4) is 5.75 Å². The summed E-state index contributed by atoms with van der Waals surface area (Å²) in [5.41, 5.74) is 0.702. The summed E-state index contributed by atoms with van der Waals surface area (Å²) in [4.78, 5) is 37.1. The molecule has 8 heteroatoms. The lowest BCUT2D eigenvalue weighted by Crippen LogP contribution is -2.39. The molecule has 0 atom stereocenters. The lowest BCUT2D eigenvalue weighted by Gasteiger charge is -2.11. The highest BCUT2D eigenvalue weighted by Crippen LogP contribution is 2.32. The van der Waals surface area contributed by atoms with Gasteiger partial charge in [-0.2, -0.15) is 0 Å². The van der Waals surface area contributed by atoms with Gasteiger partial charge in [-0.05, 0) is 64.5 Å². The Balaban J connectivity index is 2.12. The summed E-state index contributed by atoms with van der Waals surface area (Å²) in [6.07, 6.45) is 2.36. The molecule has 2 rings (SSSR count). The summed E-state index contributed by atoms with van der Waals surface area (Å²) in [5.74, 6) is -0.673. The first-order chi connectivity index (χ1) is 10.9. The third-order valence-electron chi connectivity index (χ3n) is 3.02. The number of nitrogens with zero attached hydrogens (tertiary/aromatic N) is 1. The fourth-order valence-corrected chi connectivity index (χ4v) is 3.24. The lowest BCUT2D eigenvalue weighted by molar-refractivity contribution is -0.129. The highest BCUT2D eigenvalue weighted by Gasteiger charge is 2.36. The summed E-state index contributed by atoms with van der Waals surface area (Å²) in [5, 5.41) is 11.7. The van der Waals surface area contributed by atoms with Crippen LogP contribution in [-0.2, 0) is 9.59 Å². The van der Waals surface area contributed by atoms with Crippen LogP contribution in [0.25, 0.3) is 6.08 Å². The summed E-state index contributed by atoms with van der Waals surface area (Å²) >= 11 is 2.78. The number of amides is 3. The van der Waals surface area contributed by atoms with E-state index in [1.807, 2.05) is 29.5 Å². The van der Waals surface area contributed by atoms with Crippen LogP contribution in [0, 0.1) is 3.57 Å². The first kappa shape index (κ1) is 17.8. The van der Waals surface area contributed by atoms with Gasteiger partial charge in [-0.1, -0.05) is 13.0 Å². The molecule has 122 valence electrons. The topological polar surface area (TPSA) is 86.7 Å². The summed E-state index contributed by atoms with van der Waals surface area (Å²) in [7, 11) is 0. The van der Waals surface area contributed by atoms with E-state index < -0.39 is 11.1 Å². The van der Waals surface area contributed by atoms with E-state index in [1.165, 1.54) is 6.07 Å². The Morgan fingerprint density at radius 1 is 1.43 bits per heavy atom. The van der Waals surface area contributed by atoms with Crippen molar-refractivity contribution in [2.24, 2.45) is 0 Å². The molecule has 0 radical (unpaired) electrons. The zero-order chi connectivity index (χ0) is 17.0. The second kappa shape index (κ2) is 7.82. The molecule has 0 spiro atoms. The van der Waals surface area contributed by atoms with Gasteiger partial charge in [0.05, 0.1) is 8.48 Å². The van der Waals surface area contributed by atoms with E-state index in [2.05, 4.69) is 5.32 Å². The van der Waals surface area contributed by atoms with Crippen LogP contribution in [0.4, 0.5) is 4.79 Å². The van der Waals surface area contributed by atoms with E-state index in [0.29, 0.717) is 15.7 Å². The predicted octanol–water partition coefficient (Wildman–Crippen LogP) is 2.56. The van der Waals surface area contributed by atoms with Crippen LogP contribution < -0.4 is 5.32 Å². The van der Waals surface area contributed by atoms with Gasteiger partial charge in [-0.25, -0.2) is 0 Å². The minimum atomic E-state index is -0.477. The zero-order valence-corrected chi connectivity index (χ0v) is 15.3. The molecule has 0 bridgehead atoms. The smallest absolute Gasteiger partial charge is 0.294 e. The van der Waals surface area contributed by atoms with Gasteiger partial charge in [0, 0.05) is 6.54 Å². The number of rotatable bonds is 5. The number of carbonyl (C=O) groups excluding carboxylic acids is 3. The van der Waals surface area contributed by atoms with Gasteiger partial charge in [0.2, 0.25) is 5.91 Å². The molecule has 1 fully saturated rings. The average molecular weight is 446 g/mol. The van der Waals surface area contributed by atoms with E-state index in [1.54, 1.807) is 18.2 Å². The van der Waals surface area contributed by atoms with Crippen molar-refractivity contribution in [1.29, 1.82) is 0 Å². The summed E-state index contributed by atoms with van der Waals surface area (Å²) in [6, 6.07) is 4.88. The standard InChI is InChI=1S/C15H15IN2O4S/c1-2-5-17-13(20)8-18-14(21)12(23-15(18)22)7-9-3-4-11(19)10(16)6-9/h3-4,6-7,19H,2,5,8H2,1H3,(H,17,20)/b12-7-. The second-order valence-corrected chi connectivity index (χ2v) is 6.98. The summed E-state index contributed by atoms with van der Waals surface area (Å²) in [6.45, 7) is 2.16. The molecule has 0 unspecified atom stereocenters. The van der Waals surface area contributed by atoms with Crippen molar-refractivity contribution in [2.45, 2.75) is 13.3 Å². The third-order valence-corrected chi connectivity index (χ3v) is 4.79. The normalized spacial score (nSPS) is 16.3. The van der Waals surface area contributed by atoms with Gasteiger partial charge in [-0.15, -0.1) is 0 Å². The third kappa shape index (κ3) is 4.47. The molecule has 23 heavy (non-hydrogen) atoms. The molecular formula is C15H15IN2O4S. The molecule has 3 amide bonds. The highest BCUT2D eigenvalue weighted by molar-refractivity contribution is 14.1. The Morgan fingerprint density at radius 2 is 2.17 bits per heavy atom. The molecule has 1 saturated heterocycles. The van der Waals surface area contributed by atoms with Crippen molar-refractivity contribution in [2.75, 3.05) is 13.1 Å². The van der Waals surface area contributed by atoms with Crippen molar-refractivity contribution >= 4 is 57.5 Å². The quantitative estimate of drug-likeness (QED) is 0.537. The van der Waals surface area contributed by atoms with Gasteiger partial charge in [0.15, 0.2) is 0 Å². The highest BCUT2D eigenvalue weighted by atomic mass is 127.